The second kappa shape index (κ2) is 6.96. The van der Waals surface area contributed by atoms with E-state index in [-0.39, 0.29) is 12.5 Å². The highest BCUT2D eigenvalue weighted by Crippen LogP contribution is 2.40. The quantitative estimate of drug-likeness (QED) is 0.699. The van der Waals surface area contributed by atoms with E-state index in [9.17, 15) is 13.2 Å². The highest BCUT2D eigenvalue weighted by atomic mass is 35.5. The molecular weight excluding hydrogens is 378 g/mol. The number of hydrogen-bond acceptors (Lipinski definition) is 5. The van der Waals surface area contributed by atoms with Crippen LogP contribution in [0.15, 0.2) is 18.2 Å². The van der Waals surface area contributed by atoms with Crippen LogP contribution in [0.3, 0.4) is 0 Å². The van der Waals surface area contributed by atoms with Crippen molar-refractivity contribution in [2.24, 2.45) is 0 Å². The number of nitrogens with zero attached hydrogens (tertiary/aromatic N) is 1. The zero-order chi connectivity index (χ0) is 19.1. The lowest BCUT2D eigenvalue weighted by atomic mass is 10.2. The summed E-state index contributed by atoms with van der Waals surface area (Å²) >= 11 is 6.09. The van der Waals surface area contributed by atoms with Crippen LogP contribution in [-0.2, 0) is 22.1 Å². The monoisotopic (exact) mass is 397 g/mol. The molecule has 3 rings (SSSR count). The first-order valence-corrected chi connectivity index (χ1v) is 10.4. The molecule has 1 aromatic heterocycles. The molecule has 140 valence electrons. The van der Waals surface area contributed by atoms with Gasteiger partial charge in [-0.15, -0.1) is 0 Å². The molecule has 0 bridgehead atoms. The maximum atomic E-state index is 12.5. The summed E-state index contributed by atoms with van der Waals surface area (Å²) in [4.78, 5) is 12.5. The summed E-state index contributed by atoms with van der Waals surface area (Å²) in [5.41, 5.74) is 2.65. The number of aryl methyl sites for hydroxylation is 1. The largest absolute Gasteiger partial charge is 0.454 e. The first kappa shape index (κ1) is 18.8. The second-order valence-corrected chi connectivity index (χ2v) is 8.77. The van der Waals surface area contributed by atoms with E-state index in [2.05, 4.69) is 0 Å². The van der Waals surface area contributed by atoms with Crippen LogP contribution in [0.5, 0.6) is 11.5 Å². The van der Waals surface area contributed by atoms with Crippen molar-refractivity contribution in [2.75, 3.05) is 12.5 Å². The van der Waals surface area contributed by atoms with Crippen LogP contribution >= 0.6 is 11.6 Å². The van der Waals surface area contributed by atoms with Crippen LogP contribution < -0.4 is 9.47 Å². The number of ether oxygens (including phenoxy) is 2. The zero-order valence-corrected chi connectivity index (χ0v) is 16.4. The molecule has 26 heavy (non-hydrogen) atoms. The molecule has 2 heterocycles. The van der Waals surface area contributed by atoms with Crippen molar-refractivity contribution >= 4 is 27.2 Å². The minimum atomic E-state index is -3.66. The molecule has 2 aromatic rings. The molecule has 0 radical (unpaired) electrons. The number of benzene rings is 1. The van der Waals surface area contributed by atoms with Gasteiger partial charge in [0.2, 0.25) is 6.79 Å². The van der Waals surface area contributed by atoms with Crippen molar-refractivity contribution in [3.05, 3.63) is 45.7 Å². The normalized spacial score (nSPS) is 13.2. The van der Waals surface area contributed by atoms with E-state index >= 15 is 0 Å². The topological polar surface area (TPSA) is 74.6 Å². The van der Waals surface area contributed by atoms with E-state index in [0.717, 1.165) is 17.9 Å². The highest BCUT2D eigenvalue weighted by Gasteiger charge is 2.24. The summed E-state index contributed by atoms with van der Waals surface area (Å²) in [6.07, 6.45) is 0. The summed E-state index contributed by atoms with van der Waals surface area (Å²) in [6.45, 7) is 6.49. The molecule has 0 N–H and O–H groups in total. The SMILES string of the molecule is CCn1c(C)cc(C(=O)CS(=O)(=O)Cc2cc(Cl)c3c(c2)OCO3)c1C. The number of carbonyl (C=O) groups excluding carboxylic acids is 1. The number of sulfone groups is 1. The molecule has 0 fully saturated rings. The average molecular weight is 398 g/mol. The molecule has 0 saturated heterocycles. The fourth-order valence-corrected chi connectivity index (χ4v) is 4.88. The van der Waals surface area contributed by atoms with Gasteiger partial charge in [-0.2, -0.15) is 0 Å². The summed E-state index contributed by atoms with van der Waals surface area (Å²) in [5, 5.41) is 0.294. The lowest BCUT2D eigenvalue weighted by Crippen LogP contribution is -2.18. The Balaban J connectivity index is 1.79. The molecular formula is C18H20ClNO5S. The zero-order valence-electron chi connectivity index (χ0n) is 14.8. The minimum absolute atomic E-state index is 0.0524. The summed E-state index contributed by atoms with van der Waals surface area (Å²) < 4.78 is 37.5. The third-order valence-corrected chi connectivity index (χ3v) is 6.17. The third-order valence-electron chi connectivity index (χ3n) is 4.41. The Morgan fingerprint density at radius 2 is 1.96 bits per heavy atom. The van der Waals surface area contributed by atoms with E-state index in [1.54, 1.807) is 12.1 Å². The molecule has 1 aliphatic rings. The van der Waals surface area contributed by atoms with Crippen LogP contribution in [0, 0.1) is 13.8 Å². The van der Waals surface area contributed by atoms with Crippen molar-refractivity contribution in [1.82, 2.24) is 4.57 Å². The molecule has 6 nitrogen and oxygen atoms in total. The van der Waals surface area contributed by atoms with Crippen molar-refractivity contribution < 1.29 is 22.7 Å². The lowest BCUT2D eigenvalue weighted by molar-refractivity contribution is 0.102. The molecule has 0 aliphatic carbocycles. The highest BCUT2D eigenvalue weighted by molar-refractivity contribution is 7.91. The number of ketones is 1. The van der Waals surface area contributed by atoms with Gasteiger partial charge in [-0.3, -0.25) is 4.79 Å². The Morgan fingerprint density at radius 1 is 1.23 bits per heavy atom. The summed E-state index contributed by atoms with van der Waals surface area (Å²) in [6, 6.07) is 4.85. The van der Waals surface area contributed by atoms with Crippen molar-refractivity contribution in [2.45, 2.75) is 33.1 Å². The number of Topliss-reactive ketones (excluding diaryl/α,β-unsaturated/α-hetero) is 1. The van der Waals surface area contributed by atoms with Gasteiger partial charge in [0.15, 0.2) is 27.1 Å². The van der Waals surface area contributed by atoms with Crippen molar-refractivity contribution in [3.8, 4) is 11.5 Å². The molecule has 8 heteroatoms. The lowest BCUT2D eigenvalue weighted by Gasteiger charge is -2.08. The summed E-state index contributed by atoms with van der Waals surface area (Å²) in [5.74, 6) is -0.407. The van der Waals surface area contributed by atoms with E-state index in [4.69, 9.17) is 21.1 Å². The van der Waals surface area contributed by atoms with Crippen LogP contribution in [0.2, 0.25) is 5.02 Å². The van der Waals surface area contributed by atoms with Crippen LogP contribution in [0.4, 0.5) is 0 Å². The molecule has 0 atom stereocenters. The Kier molecular flexibility index (Phi) is 5.03. The maximum Gasteiger partial charge on any atom is 0.231 e. The number of aromatic nitrogens is 1. The van der Waals surface area contributed by atoms with Gasteiger partial charge in [-0.1, -0.05) is 11.6 Å². The molecule has 1 aliphatic heterocycles. The number of rotatable bonds is 6. The molecule has 0 saturated carbocycles. The Labute approximate surface area is 157 Å². The first-order valence-electron chi connectivity index (χ1n) is 8.20. The fraction of sp³-hybridized carbons (Fsp3) is 0.389. The Morgan fingerprint density at radius 3 is 2.62 bits per heavy atom. The first-order chi connectivity index (χ1) is 12.2. The third kappa shape index (κ3) is 3.59. The molecule has 1 aromatic carbocycles. The van der Waals surface area contributed by atoms with E-state index < -0.39 is 21.4 Å². The number of hydrogen-bond donors (Lipinski definition) is 0. The predicted octanol–water partition coefficient (Wildman–Crippen LogP) is 3.30. The Bertz CT molecular complexity index is 978. The number of halogens is 1. The molecule has 0 amide bonds. The van der Waals surface area contributed by atoms with E-state index in [1.807, 2.05) is 25.3 Å². The van der Waals surface area contributed by atoms with Gasteiger partial charge in [0, 0.05) is 23.5 Å². The fourth-order valence-electron chi connectivity index (χ4n) is 3.26. The second-order valence-electron chi connectivity index (χ2n) is 6.30. The van der Waals surface area contributed by atoms with Gasteiger partial charge in [0.25, 0.3) is 0 Å². The van der Waals surface area contributed by atoms with Gasteiger partial charge in [0.05, 0.1) is 10.8 Å². The Hall–Kier alpha value is -1.99. The van der Waals surface area contributed by atoms with E-state index in [1.165, 1.54) is 6.07 Å². The van der Waals surface area contributed by atoms with Crippen LogP contribution in [0.1, 0.15) is 34.2 Å². The smallest absolute Gasteiger partial charge is 0.231 e. The summed E-state index contributed by atoms with van der Waals surface area (Å²) in [7, 11) is -3.66. The standard InChI is InChI=1S/C18H20ClNO5S/c1-4-20-11(2)5-14(12(20)3)16(21)9-26(22,23)8-13-6-15(19)18-17(7-13)24-10-25-18/h5-7H,4,8-10H2,1-3H3. The van der Waals surface area contributed by atoms with Crippen molar-refractivity contribution in [1.29, 1.82) is 0 Å². The van der Waals surface area contributed by atoms with Gasteiger partial charge < -0.3 is 14.0 Å². The van der Waals surface area contributed by atoms with Gasteiger partial charge in [-0.25, -0.2) is 8.42 Å². The minimum Gasteiger partial charge on any atom is -0.454 e. The van der Waals surface area contributed by atoms with Gasteiger partial charge in [-0.05, 0) is 44.5 Å². The van der Waals surface area contributed by atoms with E-state index in [0.29, 0.717) is 27.6 Å². The predicted molar refractivity (Wildman–Crippen MR) is 99.0 cm³/mol. The number of carbonyl (C=O) groups is 1. The van der Waals surface area contributed by atoms with Gasteiger partial charge in [0.1, 0.15) is 5.75 Å². The van der Waals surface area contributed by atoms with Crippen LogP contribution in [0.25, 0.3) is 0 Å². The van der Waals surface area contributed by atoms with Crippen molar-refractivity contribution in [3.63, 3.8) is 0 Å². The van der Waals surface area contributed by atoms with Crippen LogP contribution in [-0.4, -0.2) is 31.3 Å². The maximum absolute atomic E-state index is 12.5. The average Bonchev–Trinajstić information content (AvgIpc) is 3.11. The van der Waals surface area contributed by atoms with Gasteiger partial charge >= 0.3 is 0 Å². The molecule has 0 unspecified atom stereocenters. The molecule has 0 spiro atoms. The number of fused-ring (bicyclic) bond motifs is 1.